The lowest BCUT2D eigenvalue weighted by atomic mass is 10.1. The van der Waals surface area contributed by atoms with Crippen LogP contribution >= 0.6 is 0 Å². The van der Waals surface area contributed by atoms with Gasteiger partial charge in [0.15, 0.2) is 0 Å². The van der Waals surface area contributed by atoms with Crippen molar-refractivity contribution in [1.29, 1.82) is 0 Å². The van der Waals surface area contributed by atoms with E-state index in [2.05, 4.69) is 10.0 Å². The Balaban J connectivity index is 1.57. The molecule has 0 spiro atoms. The Morgan fingerprint density at radius 1 is 1.14 bits per heavy atom. The van der Waals surface area contributed by atoms with Crippen molar-refractivity contribution in [2.75, 3.05) is 18.0 Å². The first-order valence-corrected chi connectivity index (χ1v) is 10.7. The molecule has 0 aliphatic carbocycles. The van der Waals surface area contributed by atoms with Crippen molar-refractivity contribution >= 4 is 27.5 Å². The summed E-state index contributed by atoms with van der Waals surface area (Å²) in [7, 11) is -3.88. The predicted molar refractivity (Wildman–Crippen MR) is 106 cm³/mol. The quantitative estimate of drug-likeness (QED) is 0.719. The molecule has 3 rings (SSSR count). The van der Waals surface area contributed by atoms with E-state index in [1.807, 2.05) is 0 Å². The first-order chi connectivity index (χ1) is 13.8. The fourth-order valence-corrected chi connectivity index (χ4v) is 4.08. The van der Waals surface area contributed by atoms with E-state index in [1.54, 1.807) is 36.1 Å². The van der Waals surface area contributed by atoms with E-state index in [-0.39, 0.29) is 16.6 Å². The number of carbonyl (C=O) groups excluding carboxylic acids is 2. The number of nitrogens with one attached hydrogen (secondary N) is 2. The first-order valence-electron chi connectivity index (χ1n) is 9.21. The lowest BCUT2D eigenvalue weighted by Gasteiger charge is -2.16. The summed E-state index contributed by atoms with van der Waals surface area (Å²) in [6, 6.07) is 11.3. The Labute approximate surface area is 169 Å². The van der Waals surface area contributed by atoms with Gasteiger partial charge in [0.1, 0.15) is 5.82 Å². The third kappa shape index (κ3) is 5.18. The average molecular weight is 419 g/mol. The van der Waals surface area contributed by atoms with E-state index < -0.39 is 28.5 Å². The van der Waals surface area contributed by atoms with E-state index in [4.69, 9.17) is 0 Å². The molecule has 0 radical (unpaired) electrons. The second-order valence-electron chi connectivity index (χ2n) is 6.81. The number of hydrogen-bond donors (Lipinski definition) is 2. The van der Waals surface area contributed by atoms with E-state index in [9.17, 15) is 22.4 Å². The van der Waals surface area contributed by atoms with Crippen molar-refractivity contribution in [1.82, 2.24) is 10.0 Å². The van der Waals surface area contributed by atoms with Crippen molar-refractivity contribution in [2.24, 2.45) is 0 Å². The number of carbonyl (C=O) groups is 2. The van der Waals surface area contributed by atoms with Gasteiger partial charge in [-0.25, -0.2) is 17.5 Å². The van der Waals surface area contributed by atoms with Crippen LogP contribution in [-0.4, -0.2) is 33.3 Å². The average Bonchev–Trinajstić information content (AvgIpc) is 3.13. The summed E-state index contributed by atoms with van der Waals surface area (Å²) in [5.41, 5.74) is 1.35. The van der Waals surface area contributed by atoms with Gasteiger partial charge in [0.2, 0.25) is 21.8 Å². The summed E-state index contributed by atoms with van der Waals surface area (Å²) >= 11 is 0. The minimum atomic E-state index is -3.88. The smallest absolute Gasteiger partial charge is 0.241 e. The molecule has 2 aromatic carbocycles. The van der Waals surface area contributed by atoms with Crippen molar-refractivity contribution in [2.45, 2.75) is 30.7 Å². The summed E-state index contributed by atoms with van der Waals surface area (Å²) in [5, 5.41) is 2.66. The molecule has 0 unspecified atom stereocenters. The molecule has 154 valence electrons. The normalized spacial score (nSPS) is 15.4. The largest absolute Gasteiger partial charge is 0.348 e. The van der Waals surface area contributed by atoms with Gasteiger partial charge in [-0.1, -0.05) is 12.1 Å². The van der Waals surface area contributed by atoms with Gasteiger partial charge in [0.25, 0.3) is 0 Å². The van der Waals surface area contributed by atoms with Crippen LogP contribution in [0, 0.1) is 5.82 Å². The minimum absolute atomic E-state index is 0.00674. The van der Waals surface area contributed by atoms with Crippen LogP contribution in [0.2, 0.25) is 0 Å². The van der Waals surface area contributed by atoms with E-state index in [0.717, 1.165) is 6.42 Å². The van der Waals surface area contributed by atoms with Crippen molar-refractivity contribution in [3.8, 4) is 0 Å². The Bertz CT molecular complexity index is 991. The Hall–Kier alpha value is -2.78. The standard InChI is InChI=1S/C20H22FN3O4S/c1-14(15-4-6-16(21)7-5-15)23-19(25)13-22-29(27,28)18-10-8-17(9-11-18)24-12-2-3-20(24)26/h4-11,14,22H,2-3,12-13H2,1H3,(H,23,25)/t14-/m1/s1. The molecule has 2 aromatic rings. The second-order valence-corrected chi connectivity index (χ2v) is 8.58. The topological polar surface area (TPSA) is 95.6 Å². The van der Waals surface area contributed by atoms with Crippen molar-refractivity contribution in [3.63, 3.8) is 0 Å². The number of hydrogen-bond acceptors (Lipinski definition) is 4. The van der Waals surface area contributed by atoms with Gasteiger partial charge < -0.3 is 10.2 Å². The highest BCUT2D eigenvalue weighted by Crippen LogP contribution is 2.22. The second kappa shape index (κ2) is 8.71. The molecule has 1 aliphatic heterocycles. The highest BCUT2D eigenvalue weighted by Gasteiger charge is 2.22. The predicted octanol–water partition coefficient (Wildman–Crippen LogP) is 2.11. The van der Waals surface area contributed by atoms with Crippen LogP contribution in [-0.2, 0) is 19.6 Å². The number of sulfonamides is 1. The summed E-state index contributed by atoms with van der Waals surface area (Å²) in [5.74, 6) is -0.865. The number of nitrogens with zero attached hydrogens (tertiary/aromatic N) is 1. The number of halogens is 1. The number of anilines is 1. The van der Waals surface area contributed by atoms with Crippen LogP contribution in [0.1, 0.15) is 31.4 Å². The molecule has 29 heavy (non-hydrogen) atoms. The van der Waals surface area contributed by atoms with Crippen LogP contribution in [0.5, 0.6) is 0 Å². The number of amides is 2. The van der Waals surface area contributed by atoms with Crippen LogP contribution in [0.3, 0.4) is 0 Å². The van der Waals surface area contributed by atoms with Gasteiger partial charge in [-0.15, -0.1) is 0 Å². The van der Waals surface area contributed by atoms with E-state index >= 15 is 0 Å². The van der Waals surface area contributed by atoms with Gasteiger partial charge in [-0.3, -0.25) is 9.59 Å². The van der Waals surface area contributed by atoms with Gasteiger partial charge in [0.05, 0.1) is 17.5 Å². The zero-order valence-electron chi connectivity index (χ0n) is 15.9. The molecule has 2 amide bonds. The Morgan fingerprint density at radius 3 is 2.38 bits per heavy atom. The molecule has 0 bridgehead atoms. The number of rotatable bonds is 7. The van der Waals surface area contributed by atoms with Crippen LogP contribution < -0.4 is 14.9 Å². The van der Waals surface area contributed by atoms with Crippen LogP contribution in [0.25, 0.3) is 0 Å². The number of benzene rings is 2. The van der Waals surface area contributed by atoms with Crippen LogP contribution in [0.4, 0.5) is 10.1 Å². The molecule has 1 aliphatic rings. The van der Waals surface area contributed by atoms with Crippen LogP contribution in [0.15, 0.2) is 53.4 Å². The van der Waals surface area contributed by atoms with E-state index in [0.29, 0.717) is 24.2 Å². The lowest BCUT2D eigenvalue weighted by molar-refractivity contribution is -0.120. The molecular weight excluding hydrogens is 397 g/mol. The molecule has 1 fully saturated rings. The van der Waals surface area contributed by atoms with Crippen molar-refractivity contribution in [3.05, 3.63) is 59.9 Å². The summed E-state index contributed by atoms with van der Waals surface area (Å²) < 4.78 is 40.1. The molecule has 0 aromatic heterocycles. The minimum Gasteiger partial charge on any atom is -0.348 e. The molecule has 0 saturated carbocycles. The maximum absolute atomic E-state index is 13.0. The molecule has 7 nitrogen and oxygen atoms in total. The Morgan fingerprint density at radius 2 is 1.79 bits per heavy atom. The molecule has 1 saturated heterocycles. The third-order valence-electron chi connectivity index (χ3n) is 4.70. The SMILES string of the molecule is C[C@@H](NC(=O)CNS(=O)(=O)c1ccc(N2CCCC2=O)cc1)c1ccc(F)cc1. The zero-order valence-corrected chi connectivity index (χ0v) is 16.7. The summed E-state index contributed by atoms with van der Waals surface area (Å²) in [4.78, 5) is 25.5. The van der Waals surface area contributed by atoms with Crippen molar-refractivity contribution < 1.29 is 22.4 Å². The molecule has 1 atom stereocenters. The summed E-state index contributed by atoms with van der Waals surface area (Å²) in [6.45, 7) is 1.91. The van der Waals surface area contributed by atoms with E-state index in [1.165, 1.54) is 24.3 Å². The third-order valence-corrected chi connectivity index (χ3v) is 6.12. The highest BCUT2D eigenvalue weighted by molar-refractivity contribution is 7.89. The maximum Gasteiger partial charge on any atom is 0.241 e. The molecule has 9 heteroatoms. The fourth-order valence-electron chi connectivity index (χ4n) is 3.10. The molecule has 2 N–H and O–H groups in total. The first kappa shape index (κ1) is 20.9. The highest BCUT2D eigenvalue weighted by atomic mass is 32.2. The van der Waals surface area contributed by atoms with Gasteiger partial charge >= 0.3 is 0 Å². The lowest BCUT2D eigenvalue weighted by Crippen LogP contribution is -2.38. The molecular formula is C20H22FN3O4S. The maximum atomic E-state index is 13.0. The van der Waals surface area contributed by atoms with Gasteiger partial charge in [-0.2, -0.15) is 0 Å². The zero-order chi connectivity index (χ0) is 21.0. The Kier molecular flexibility index (Phi) is 6.29. The summed E-state index contributed by atoms with van der Waals surface area (Å²) in [6.07, 6.45) is 1.28. The molecule has 1 heterocycles. The van der Waals surface area contributed by atoms with Gasteiger partial charge in [-0.05, 0) is 55.3 Å². The van der Waals surface area contributed by atoms with Gasteiger partial charge in [0, 0.05) is 18.7 Å². The fraction of sp³-hybridized carbons (Fsp3) is 0.300. The monoisotopic (exact) mass is 419 g/mol.